The molecule has 2 aromatic rings. The predicted molar refractivity (Wildman–Crippen MR) is 119 cm³/mol. The minimum absolute atomic E-state index is 0.183. The van der Waals surface area contributed by atoms with Crippen molar-refractivity contribution in [3.63, 3.8) is 0 Å². The quantitative estimate of drug-likeness (QED) is 0.636. The Morgan fingerprint density at radius 1 is 1.00 bits per heavy atom. The zero-order valence-electron chi connectivity index (χ0n) is 17.2. The van der Waals surface area contributed by atoms with Crippen molar-refractivity contribution >= 4 is 43.1 Å². The maximum Gasteiger partial charge on any atom is 0.244 e. The van der Waals surface area contributed by atoms with Gasteiger partial charge in [-0.2, -0.15) is 0 Å². The molecule has 2 rings (SSSR count). The molecule has 0 bridgehead atoms. The second kappa shape index (κ2) is 9.36. The van der Waals surface area contributed by atoms with Crippen LogP contribution in [0.15, 0.2) is 53.4 Å². The third-order valence-electron chi connectivity index (χ3n) is 4.58. The van der Waals surface area contributed by atoms with E-state index < -0.39 is 37.9 Å². The summed E-state index contributed by atoms with van der Waals surface area (Å²) >= 11 is 5.90. The fourth-order valence-electron chi connectivity index (χ4n) is 3.04. The first-order chi connectivity index (χ1) is 13.8. The first-order valence-corrected chi connectivity index (χ1v) is 13.3. The minimum Gasteiger partial charge on any atom is -0.348 e. The Balaban J connectivity index is 2.28. The number of hydrogen-bond acceptors (Lipinski definition) is 5. The van der Waals surface area contributed by atoms with Crippen LogP contribution in [0.3, 0.4) is 0 Å². The Bertz CT molecular complexity index is 1100. The molecule has 2 aromatic carbocycles. The van der Waals surface area contributed by atoms with Crippen molar-refractivity contribution in [2.45, 2.75) is 37.2 Å². The summed E-state index contributed by atoms with van der Waals surface area (Å²) < 4.78 is 49.2. The van der Waals surface area contributed by atoms with Crippen molar-refractivity contribution in [2.75, 3.05) is 16.8 Å². The summed E-state index contributed by atoms with van der Waals surface area (Å²) in [7, 11) is -7.06. The molecule has 30 heavy (non-hydrogen) atoms. The Morgan fingerprint density at radius 3 is 1.97 bits per heavy atom. The first kappa shape index (κ1) is 24.2. The molecule has 0 spiro atoms. The maximum atomic E-state index is 13.0. The van der Waals surface area contributed by atoms with Gasteiger partial charge in [-0.1, -0.05) is 30.7 Å². The van der Waals surface area contributed by atoms with Crippen LogP contribution >= 0.6 is 11.6 Å². The average Bonchev–Trinajstić information content (AvgIpc) is 2.65. The van der Waals surface area contributed by atoms with Gasteiger partial charge in [0.2, 0.25) is 15.9 Å². The summed E-state index contributed by atoms with van der Waals surface area (Å²) in [5, 5.41) is 3.27. The molecule has 0 unspecified atom stereocenters. The lowest BCUT2D eigenvalue weighted by atomic mass is 10.1. The van der Waals surface area contributed by atoms with Crippen LogP contribution in [0.5, 0.6) is 0 Å². The Hall–Kier alpha value is -2.10. The normalized spacial score (nSPS) is 14.0. The molecule has 0 fully saturated rings. The number of carbonyl (C=O) groups is 1. The number of sulfone groups is 1. The number of halogens is 1. The number of sulfonamides is 1. The van der Waals surface area contributed by atoms with Crippen LogP contribution in [0.1, 0.15) is 31.9 Å². The maximum absolute atomic E-state index is 13.0. The molecule has 0 aliphatic heterocycles. The van der Waals surface area contributed by atoms with E-state index in [0.29, 0.717) is 16.3 Å². The van der Waals surface area contributed by atoms with Crippen molar-refractivity contribution in [2.24, 2.45) is 0 Å². The van der Waals surface area contributed by atoms with E-state index in [1.807, 2.05) is 0 Å². The second-order valence-electron chi connectivity index (χ2n) is 7.03. The molecule has 7 nitrogen and oxygen atoms in total. The van der Waals surface area contributed by atoms with Gasteiger partial charge in [-0.15, -0.1) is 0 Å². The lowest BCUT2D eigenvalue weighted by molar-refractivity contribution is -0.122. The second-order valence-corrected chi connectivity index (χ2v) is 11.3. The van der Waals surface area contributed by atoms with Crippen LogP contribution in [0.4, 0.5) is 5.69 Å². The fourth-order valence-corrected chi connectivity index (χ4v) is 5.01. The number of benzene rings is 2. The van der Waals surface area contributed by atoms with Crippen LogP contribution in [0, 0.1) is 0 Å². The van der Waals surface area contributed by atoms with Crippen molar-refractivity contribution in [3.05, 3.63) is 59.1 Å². The number of carbonyl (C=O) groups excluding carboxylic acids is 1. The van der Waals surface area contributed by atoms with Crippen LogP contribution < -0.4 is 9.62 Å². The van der Waals surface area contributed by atoms with Gasteiger partial charge in [0, 0.05) is 11.3 Å². The van der Waals surface area contributed by atoms with Crippen LogP contribution in [0.25, 0.3) is 0 Å². The van der Waals surface area contributed by atoms with Gasteiger partial charge in [0.25, 0.3) is 0 Å². The van der Waals surface area contributed by atoms with E-state index in [1.54, 1.807) is 50.2 Å². The molecule has 0 saturated carbocycles. The van der Waals surface area contributed by atoms with E-state index in [1.165, 1.54) is 12.1 Å². The fraction of sp³-hybridized carbons (Fsp3) is 0.350. The summed E-state index contributed by atoms with van der Waals surface area (Å²) in [5.41, 5.74) is 1.04. The minimum atomic E-state index is -3.75. The largest absolute Gasteiger partial charge is 0.348 e. The topological polar surface area (TPSA) is 101 Å². The molecule has 0 heterocycles. The number of hydrogen-bond donors (Lipinski definition) is 1. The molecule has 1 N–H and O–H groups in total. The number of rotatable bonds is 8. The van der Waals surface area contributed by atoms with Crippen molar-refractivity contribution in [1.82, 2.24) is 5.32 Å². The highest BCUT2D eigenvalue weighted by Gasteiger charge is 2.32. The van der Waals surface area contributed by atoms with Gasteiger partial charge < -0.3 is 5.32 Å². The van der Waals surface area contributed by atoms with Crippen LogP contribution in [-0.2, 0) is 24.7 Å². The third kappa shape index (κ3) is 5.96. The SMILES string of the molecule is CC[C@@H](C(=O)N[C@@H](C)c1ccc(S(C)(=O)=O)cc1)N(c1ccc(Cl)cc1)S(C)(=O)=O. The molecule has 0 aliphatic carbocycles. The highest BCUT2D eigenvalue weighted by Crippen LogP contribution is 2.25. The zero-order chi connectivity index (χ0) is 22.7. The molecule has 0 saturated heterocycles. The zero-order valence-corrected chi connectivity index (χ0v) is 19.6. The molecular weight excluding hydrogens is 448 g/mol. The monoisotopic (exact) mass is 472 g/mol. The van der Waals surface area contributed by atoms with Crippen molar-refractivity contribution in [1.29, 1.82) is 0 Å². The summed E-state index contributed by atoms with van der Waals surface area (Å²) in [4.78, 5) is 13.2. The lowest BCUT2D eigenvalue weighted by Gasteiger charge is -2.31. The molecular formula is C20H25ClN2O5S2. The Morgan fingerprint density at radius 2 is 1.53 bits per heavy atom. The average molecular weight is 473 g/mol. The van der Waals surface area contributed by atoms with Crippen LogP contribution in [0.2, 0.25) is 5.02 Å². The Kier molecular flexibility index (Phi) is 7.54. The molecule has 10 heteroatoms. The molecule has 1 amide bonds. The molecule has 0 aliphatic rings. The van der Waals surface area contributed by atoms with E-state index >= 15 is 0 Å². The molecule has 164 valence electrons. The first-order valence-electron chi connectivity index (χ1n) is 9.20. The number of anilines is 1. The van der Waals surface area contributed by atoms with Gasteiger partial charge in [-0.3, -0.25) is 9.10 Å². The van der Waals surface area contributed by atoms with Crippen molar-refractivity contribution < 1.29 is 21.6 Å². The predicted octanol–water partition coefficient (Wildman–Crippen LogP) is 3.17. The summed E-state index contributed by atoms with van der Waals surface area (Å²) in [6.45, 7) is 3.47. The van der Waals surface area contributed by atoms with Gasteiger partial charge in [-0.25, -0.2) is 16.8 Å². The number of nitrogens with zero attached hydrogens (tertiary/aromatic N) is 1. The van der Waals surface area contributed by atoms with E-state index in [-0.39, 0.29) is 11.3 Å². The van der Waals surface area contributed by atoms with Crippen molar-refractivity contribution in [3.8, 4) is 0 Å². The standard InChI is InChI=1S/C20H25ClN2O5S2/c1-5-19(23(30(4,27)28)17-10-8-16(21)9-11-17)20(24)22-14(2)15-6-12-18(13-7-15)29(3,25)26/h6-14,19H,5H2,1-4H3,(H,22,24)/t14-,19-/m0/s1. The van der Waals surface area contributed by atoms with Crippen LogP contribution in [-0.4, -0.2) is 41.3 Å². The van der Waals surface area contributed by atoms with E-state index in [2.05, 4.69) is 5.32 Å². The lowest BCUT2D eigenvalue weighted by Crippen LogP contribution is -2.49. The smallest absolute Gasteiger partial charge is 0.244 e. The summed E-state index contributed by atoms with van der Waals surface area (Å²) in [6.07, 6.45) is 2.42. The van der Waals surface area contributed by atoms with Gasteiger partial charge >= 0.3 is 0 Å². The molecule has 0 aromatic heterocycles. The van der Waals surface area contributed by atoms with Gasteiger partial charge in [0.15, 0.2) is 9.84 Å². The highest BCUT2D eigenvalue weighted by atomic mass is 35.5. The summed E-state index contributed by atoms with van der Waals surface area (Å²) in [5.74, 6) is -0.461. The van der Waals surface area contributed by atoms with E-state index in [0.717, 1.165) is 16.8 Å². The highest BCUT2D eigenvalue weighted by molar-refractivity contribution is 7.92. The van der Waals surface area contributed by atoms with E-state index in [4.69, 9.17) is 11.6 Å². The third-order valence-corrected chi connectivity index (χ3v) is 7.14. The molecule has 2 atom stereocenters. The summed E-state index contributed by atoms with van der Waals surface area (Å²) in [6, 6.07) is 11.0. The number of amides is 1. The van der Waals surface area contributed by atoms with Gasteiger partial charge in [0.05, 0.1) is 22.9 Å². The molecule has 0 radical (unpaired) electrons. The van der Waals surface area contributed by atoms with Gasteiger partial charge in [0.1, 0.15) is 6.04 Å². The van der Waals surface area contributed by atoms with E-state index in [9.17, 15) is 21.6 Å². The van der Waals surface area contributed by atoms with Gasteiger partial charge in [-0.05, 0) is 55.3 Å². The number of nitrogens with one attached hydrogen (secondary N) is 1. The Labute approximate surface area is 183 Å².